The Hall–Kier alpha value is -1.75. The molecule has 170 valence electrons. The highest BCUT2D eigenvalue weighted by Gasteiger charge is 2.28. The maximum absolute atomic E-state index is 12.1. The first-order valence-electron chi connectivity index (χ1n) is 10.2. The molecule has 1 atom stereocenters. The molecule has 0 spiro atoms. The van der Waals surface area contributed by atoms with Gasteiger partial charge in [0.15, 0.2) is 17.5 Å². The summed E-state index contributed by atoms with van der Waals surface area (Å²) in [6.45, 7) is 7.12. The van der Waals surface area contributed by atoms with Crippen LogP contribution in [0.3, 0.4) is 0 Å². The zero-order chi connectivity index (χ0) is 21.1. The fourth-order valence-corrected chi connectivity index (χ4v) is 3.30. The van der Waals surface area contributed by atoms with Gasteiger partial charge in [-0.25, -0.2) is 4.99 Å². The number of piperidine rings is 1. The van der Waals surface area contributed by atoms with Gasteiger partial charge in [0.1, 0.15) is 6.61 Å². The number of carbonyl (C=O) groups excluding carboxylic acids is 1. The lowest BCUT2D eigenvalue weighted by Crippen LogP contribution is -2.48. The van der Waals surface area contributed by atoms with E-state index in [9.17, 15) is 4.79 Å². The minimum atomic E-state index is -0.128. The number of guanidine groups is 1. The predicted octanol–water partition coefficient (Wildman–Crippen LogP) is 2.42. The quantitative estimate of drug-likeness (QED) is 0.217. The number of benzene rings is 1. The van der Waals surface area contributed by atoms with Crippen LogP contribution in [-0.4, -0.2) is 68.5 Å². The summed E-state index contributed by atoms with van der Waals surface area (Å²) in [7, 11) is 1.58. The van der Waals surface area contributed by atoms with Gasteiger partial charge >= 0.3 is 5.97 Å². The van der Waals surface area contributed by atoms with Gasteiger partial charge in [-0.15, -0.1) is 24.0 Å². The van der Waals surface area contributed by atoms with Crippen LogP contribution in [0.15, 0.2) is 23.2 Å². The van der Waals surface area contributed by atoms with Gasteiger partial charge in [0.2, 0.25) is 0 Å². The monoisotopic (exact) mass is 535 g/mol. The highest BCUT2D eigenvalue weighted by Crippen LogP contribution is 2.28. The summed E-state index contributed by atoms with van der Waals surface area (Å²) in [5.74, 6) is 1.75. The van der Waals surface area contributed by atoms with E-state index in [0.29, 0.717) is 31.2 Å². The van der Waals surface area contributed by atoms with Crippen LogP contribution in [0.25, 0.3) is 0 Å². The van der Waals surface area contributed by atoms with Crippen LogP contribution in [0.5, 0.6) is 11.5 Å². The molecule has 1 aromatic carbocycles. The van der Waals surface area contributed by atoms with Crippen molar-refractivity contribution >= 4 is 35.9 Å². The number of methoxy groups -OCH3 is 1. The van der Waals surface area contributed by atoms with Crippen LogP contribution in [0.1, 0.15) is 32.3 Å². The normalized spacial score (nSPS) is 16.5. The molecule has 1 aromatic rings. The standard InChI is InChI=1S/C21H33N3O5.HI/c1-4-22-21(24-10-6-7-17(15-24)20(26)28-5-2)23-14-16-8-9-18(29-12-11-25)19(13-16)27-3;/h8-9,13,17,25H,4-7,10-12,14-15H2,1-3H3,(H,22,23);1H. The molecule has 1 unspecified atom stereocenters. The summed E-state index contributed by atoms with van der Waals surface area (Å²) < 4.78 is 16.1. The van der Waals surface area contributed by atoms with Crippen LogP contribution in [0.4, 0.5) is 0 Å². The van der Waals surface area contributed by atoms with E-state index in [2.05, 4.69) is 10.2 Å². The van der Waals surface area contributed by atoms with Crippen molar-refractivity contribution in [3.63, 3.8) is 0 Å². The number of hydrogen-bond acceptors (Lipinski definition) is 6. The third kappa shape index (κ3) is 7.82. The van der Waals surface area contributed by atoms with E-state index < -0.39 is 0 Å². The van der Waals surface area contributed by atoms with E-state index in [-0.39, 0.29) is 49.1 Å². The molecule has 1 aliphatic heterocycles. The predicted molar refractivity (Wildman–Crippen MR) is 127 cm³/mol. The first-order valence-corrected chi connectivity index (χ1v) is 10.2. The van der Waals surface area contributed by atoms with Crippen molar-refractivity contribution in [2.75, 3.05) is 46.6 Å². The lowest BCUT2D eigenvalue weighted by atomic mass is 9.98. The molecule has 9 heteroatoms. The maximum atomic E-state index is 12.1. The van der Waals surface area contributed by atoms with Crippen molar-refractivity contribution in [2.45, 2.75) is 33.2 Å². The zero-order valence-electron chi connectivity index (χ0n) is 18.1. The van der Waals surface area contributed by atoms with Gasteiger partial charge in [0.05, 0.1) is 32.8 Å². The molecule has 0 amide bonds. The highest BCUT2D eigenvalue weighted by molar-refractivity contribution is 14.0. The number of halogens is 1. The van der Waals surface area contributed by atoms with Gasteiger partial charge in [-0.1, -0.05) is 6.07 Å². The minimum Gasteiger partial charge on any atom is -0.493 e. The molecule has 1 saturated heterocycles. The van der Waals surface area contributed by atoms with E-state index in [4.69, 9.17) is 24.3 Å². The summed E-state index contributed by atoms with van der Waals surface area (Å²) >= 11 is 0. The molecule has 1 fully saturated rings. The Labute approximate surface area is 196 Å². The molecule has 1 heterocycles. The molecular formula is C21H34IN3O5. The number of aliphatic hydroxyl groups is 1. The molecule has 0 radical (unpaired) electrons. The van der Waals surface area contributed by atoms with Crippen molar-refractivity contribution in [3.05, 3.63) is 23.8 Å². The SMILES string of the molecule is CCNC(=NCc1ccc(OCCO)c(OC)c1)N1CCCC(C(=O)OCC)C1.I. The maximum Gasteiger partial charge on any atom is 0.310 e. The van der Waals surface area contributed by atoms with Crippen LogP contribution in [0, 0.1) is 5.92 Å². The zero-order valence-corrected chi connectivity index (χ0v) is 20.4. The van der Waals surface area contributed by atoms with Gasteiger partial charge in [0.25, 0.3) is 0 Å². The largest absolute Gasteiger partial charge is 0.493 e. The molecule has 2 rings (SSSR count). The smallest absolute Gasteiger partial charge is 0.310 e. The molecule has 0 aliphatic carbocycles. The second-order valence-corrected chi connectivity index (χ2v) is 6.76. The first kappa shape index (κ1) is 26.3. The summed E-state index contributed by atoms with van der Waals surface area (Å²) in [6, 6.07) is 5.64. The van der Waals surface area contributed by atoms with Gasteiger partial charge in [-0.2, -0.15) is 0 Å². The Balaban J connectivity index is 0.00000450. The average Bonchev–Trinajstić information content (AvgIpc) is 2.75. The van der Waals surface area contributed by atoms with E-state index in [1.54, 1.807) is 7.11 Å². The first-order chi connectivity index (χ1) is 14.1. The molecule has 0 bridgehead atoms. The summed E-state index contributed by atoms with van der Waals surface area (Å²) in [4.78, 5) is 19.0. The van der Waals surface area contributed by atoms with Crippen LogP contribution in [0.2, 0.25) is 0 Å². The summed E-state index contributed by atoms with van der Waals surface area (Å²) in [5, 5.41) is 12.2. The number of ether oxygens (including phenoxy) is 3. The third-order valence-electron chi connectivity index (χ3n) is 4.66. The number of hydrogen-bond donors (Lipinski definition) is 2. The van der Waals surface area contributed by atoms with Crippen molar-refractivity contribution in [1.29, 1.82) is 0 Å². The molecule has 1 aliphatic rings. The van der Waals surface area contributed by atoms with E-state index >= 15 is 0 Å². The van der Waals surface area contributed by atoms with E-state index in [1.165, 1.54) is 0 Å². The Morgan fingerprint density at radius 2 is 2.13 bits per heavy atom. The second kappa shape index (κ2) is 14.3. The molecule has 8 nitrogen and oxygen atoms in total. The van der Waals surface area contributed by atoms with Gasteiger partial charge in [-0.05, 0) is 44.4 Å². The molecule has 2 N–H and O–H groups in total. The average molecular weight is 535 g/mol. The van der Waals surface area contributed by atoms with Gasteiger partial charge < -0.3 is 29.5 Å². The van der Waals surface area contributed by atoms with Crippen LogP contribution < -0.4 is 14.8 Å². The molecule has 0 aromatic heterocycles. The number of aliphatic hydroxyl groups excluding tert-OH is 1. The summed E-state index contributed by atoms with van der Waals surface area (Å²) in [6.07, 6.45) is 1.78. The fourth-order valence-electron chi connectivity index (χ4n) is 3.30. The molecule has 0 saturated carbocycles. The van der Waals surface area contributed by atoms with E-state index in [1.807, 2.05) is 32.0 Å². The van der Waals surface area contributed by atoms with Crippen LogP contribution in [-0.2, 0) is 16.1 Å². The van der Waals surface area contributed by atoms with Crippen molar-refractivity contribution < 1.29 is 24.1 Å². The minimum absolute atomic E-state index is 0. The number of likely N-dealkylation sites (tertiary alicyclic amines) is 1. The number of aliphatic imine (C=N–C) groups is 1. The number of rotatable bonds is 9. The van der Waals surface area contributed by atoms with Crippen LogP contribution >= 0.6 is 24.0 Å². The number of carbonyl (C=O) groups is 1. The third-order valence-corrected chi connectivity index (χ3v) is 4.66. The lowest BCUT2D eigenvalue weighted by molar-refractivity contribution is -0.149. The molecular weight excluding hydrogens is 501 g/mol. The summed E-state index contributed by atoms with van der Waals surface area (Å²) in [5.41, 5.74) is 0.979. The lowest BCUT2D eigenvalue weighted by Gasteiger charge is -2.34. The Bertz CT molecular complexity index is 687. The van der Waals surface area contributed by atoms with E-state index in [0.717, 1.165) is 37.5 Å². The Morgan fingerprint density at radius 1 is 1.33 bits per heavy atom. The second-order valence-electron chi connectivity index (χ2n) is 6.76. The van der Waals surface area contributed by atoms with Crippen molar-refractivity contribution in [2.24, 2.45) is 10.9 Å². The number of nitrogens with zero attached hydrogens (tertiary/aromatic N) is 2. The Morgan fingerprint density at radius 3 is 2.80 bits per heavy atom. The highest BCUT2D eigenvalue weighted by atomic mass is 127. The topological polar surface area (TPSA) is 92.6 Å². The molecule has 30 heavy (non-hydrogen) atoms. The van der Waals surface area contributed by atoms with Crippen molar-refractivity contribution in [1.82, 2.24) is 10.2 Å². The Kier molecular flexibility index (Phi) is 12.5. The van der Waals surface area contributed by atoms with Crippen molar-refractivity contribution in [3.8, 4) is 11.5 Å². The number of esters is 1. The van der Waals surface area contributed by atoms with Gasteiger partial charge in [-0.3, -0.25) is 4.79 Å². The number of nitrogens with one attached hydrogen (secondary N) is 1. The fraction of sp³-hybridized carbons (Fsp3) is 0.619. The van der Waals surface area contributed by atoms with Gasteiger partial charge in [0, 0.05) is 19.6 Å².